The number of carbonyl (C=O) groups is 3. The quantitative estimate of drug-likeness (QED) is 0.218. The largest absolute Gasteiger partial charge is 0.460 e. The number of halogens is 2. The van der Waals surface area contributed by atoms with Crippen LogP contribution < -0.4 is 0 Å². The van der Waals surface area contributed by atoms with Gasteiger partial charge in [0, 0.05) is 39.0 Å². The molecule has 0 N–H and O–H groups in total. The molecular formula is C33H52F2O6. The van der Waals surface area contributed by atoms with Gasteiger partial charge in [-0.1, -0.05) is 27.2 Å². The van der Waals surface area contributed by atoms with Crippen LogP contribution in [0.4, 0.5) is 8.78 Å². The summed E-state index contributed by atoms with van der Waals surface area (Å²) in [6, 6.07) is 0. The van der Waals surface area contributed by atoms with E-state index in [2.05, 4.69) is 20.8 Å². The summed E-state index contributed by atoms with van der Waals surface area (Å²) in [6.07, 6.45) is 5.52. The SMILES string of the molecule is CC(=O)OC1C2CC(F)(F)[C@H]3[C@@H]4CC[C@H](C(C)CCCC(C)(C)OC(C)=O)[C@@]4(C)CC[C@@H]3[C@@]2(C)CC[C@@H]1OC(C)=O. The molecule has 0 aromatic heterocycles. The molecule has 4 rings (SSSR count). The minimum Gasteiger partial charge on any atom is -0.460 e. The molecule has 0 spiro atoms. The van der Waals surface area contributed by atoms with Crippen molar-refractivity contribution in [2.75, 3.05) is 0 Å². The molecule has 0 aliphatic heterocycles. The first-order valence-corrected chi connectivity index (χ1v) is 15.8. The fourth-order valence-electron chi connectivity index (χ4n) is 10.3. The standard InChI is InChI=1S/C33H52F2O6/c1-19(10-9-15-30(5,6)41-22(4)38)23-11-12-24-28-25(13-16-31(23,24)7)32(8)17-14-27(39-20(2)36)29(40-21(3)37)26(32)18-33(28,34)35/h19,23-29H,9-18H2,1-8H3/t19?,23-,24+,25+,26?,27+,28+,29?,31-,32-/m1/s1. The second-order valence-corrected chi connectivity index (χ2v) is 15.0. The maximum Gasteiger partial charge on any atom is 0.303 e. The van der Waals surface area contributed by atoms with E-state index in [1.165, 1.54) is 20.8 Å². The van der Waals surface area contributed by atoms with Crippen molar-refractivity contribution in [2.24, 2.45) is 46.3 Å². The molecule has 10 atom stereocenters. The number of hydrogen-bond acceptors (Lipinski definition) is 6. The average molecular weight is 583 g/mol. The van der Waals surface area contributed by atoms with Crippen LogP contribution in [0.1, 0.15) is 120 Å². The van der Waals surface area contributed by atoms with E-state index in [9.17, 15) is 14.4 Å². The lowest BCUT2D eigenvalue weighted by Crippen LogP contribution is -2.64. The molecule has 6 nitrogen and oxygen atoms in total. The molecule has 4 fully saturated rings. The third kappa shape index (κ3) is 6.18. The molecule has 3 unspecified atom stereocenters. The molecule has 234 valence electrons. The van der Waals surface area contributed by atoms with Gasteiger partial charge in [0.05, 0.1) is 0 Å². The second kappa shape index (κ2) is 11.4. The van der Waals surface area contributed by atoms with Crippen molar-refractivity contribution in [3.8, 4) is 0 Å². The molecule has 4 aliphatic rings. The molecule has 0 amide bonds. The van der Waals surface area contributed by atoms with E-state index in [1.54, 1.807) is 0 Å². The third-order valence-electron chi connectivity index (χ3n) is 11.9. The molecular weight excluding hydrogens is 530 g/mol. The predicted molar refractivity (Wildman–Crippen MR) is 151 cm³/mol. The summed E-state index contributed by atoms with van der Waals surface area (Å²) >= 11 is 0. The van der Waals surface area contributed by atoms with Crippen LogP contribution in [0.15, 0.2) is 0 Å². The number of esters is 3. The van der Waals surface area contributed by atoms with Crippen molar-refractivity contribution < 1.29 is 37.4 Å². The van der Waals surface area contributed by atoms with Crippen LogP contribution in [-0.2, 0) is 28.6 Å². The summed E-state index contributed by atoms with van der Waals surface area (Å²) < 4.78 is 49.6. The minimum absolute atomic E-state index is 0.0441. The van der Waals surface area contributed by atoms with E-state index in [-0.39, 0.29) is 29.6 Å². The second-order valence-electron chi connectivity index (χ2n) is 15.0. The number of carbonyl (C=O) groups excluding carboxylic acids is 3. The van der Waals surface area contributed by atoms with Gasteiger partial charge in [-0.3, -0.25) is 14.4 Å². The molecule has 0 radical (unpaired) electrons. The van der Waals surface area contributed by atoms with E-state index in [1.807, 2.05) is 13.8 Å². The van der Waals surface area contributed by atoms with E-state index >= 15 is 8.78 Å². The van der Waals surface area contributed by atoms with Gasteiger partial charge in [-0.2, -0.15) is 0 Å². The lowest BCUT2D eigenvalue weighted by molar-refractivity contribution is -0.263. The van der Waals surface area contributed by atoms with Gasteiger partial charge in [-0.15, -0.1) is 0 Å². The molecule has 0 bridgehead atoms. The molecule has 0 heterocycles. The molecule has 4 aliphatic carbocycles. The molecule has 8 heteroatoms. The molecule has 4 saturated carbocycles. The fourth-order valence-corrected chi connectivity index (χ4v) is 10.3. The zero-order chi connectivity index (χ0) is 30.5. The average Bonchev–Trinajstić information content (AvgIpc) is 3.17. The van der Waals surface area contributed by atoms with Crippen molar-refractivity contribution >= 4 is 17.9 Å². The Balaban J connectivity index is 1.53. The van der Waals surface area contributed by atoms with Crippen molar-refractivity contribution in [3.63, 3.8) is 0 Å². The Bertz CT molecular complexity index is 1010. The highest BCUT2D eigenvalue weighted by atomic mass is 19.3. The van der Waals surface area contributed by atoms with Gasteiger partial charge in [0.2, 0.25) is 0 Å². The van der Waals surface area contributed by atoms with Gasteiger partial charge in [0.25, 0.3) is 5.92 Å². The van der Waals surface area contributed by atoms with Crippen LogP contribution in [0.5, 0.6) is 0 Å². The van der Waals surface area contributed by atoms with E-state index in [0.29, 0.717) is 24.7 Å². The monoisotopic (exact) mass is 582 g/mol. The number of rotatable bonds is 8. The Kier molecular flexibility index (Phi) is 8.95. The Morgan fingerprint density at radius 2 is 1.46 bits per heavy atom. The zero-order valence-electron chi connectivity index (χ0n) is 26.4. The number of hydrogen-bond donors (Lipinski definition) is 0. The lowest BCUT2D eigenvalue weighted by Gasteiger charge is -2.64. The van der Waals surface area contributed by atoms with Crippen LogP contribution in [-0.4, -0.2) is 41.6 Å². The van der Waals surface area contributed by atoms with Crippen molar-refractivity contribution in [3.05, 3.63) is 0 Å². The Labute approximate surface area is 245 Å². The Hall–Kier alpha value is -1.73. The first-order chi connectivity index (χ1) is 18.9. The molecule has 0 saturated heterocycles. The number of ether oxygens (including phenoxy) is 3. The van der Waals surface area contributed by atoms with Crippen LogP contribution in [0.3, 0.4) is 0 Å². The van der Waals surface area contributed by atoms with E-state index in [0.717, 1.165) is 44.9 Å². The maximum absolute atomic E-state index is 16.5. The van der Waals surface area contributed by atoms with Crippen LogP contribution >= 0.6 is 0 Å². The normalized spacial score (nSPS) is 40.4. The Morgan fingerprint density at radius 3 is 2.07 bits per heavy atom. The highest BCUT2D eigenvalue weighted by Gasteiger charge is 2.70. The van der Waals surface area contributed by atoms with E-state index < -0.39 is 52.9 Å². The predicted octanol–water partition coefficient (Wildman–Crippen LogP) is 7.51. The first kappa shape index (κ1) is 32.2. The Morgan fingerprint density at radius 1 is 0.854 bits per heavy atom. The summed E-state index contributed by atoms with van der Waals surface area (Å²) in [5.74, 6) is -4.82. The molecule has 0 aromatic carbocycles. The van der Waals surface area contributed by atoms with Crippen LogP contribution in [0, 0.1) is 46.3 Å². The van der Waals surface area contributed by atoms with Gasteiger partial charge >= 0.3 is 17.9 Å². The van der Waals surface area contributed by atoms with Gasteiger partial charge in [0.15, 0.2) is 0 Å². The van der Waals surface area contributed by atoms with Gasteiger partial charge < -0.3 is 14.2 Å². The third-order valence-corrected chi connectivity index (χ3v) is 11.9. The van der Waals surface area contributed by atoms with Crippen molar-refractivity contribution in [1.29, 1.82) is 0 Å². The fraction of sp³-hybridized carbons (Fsp3) is 0.909. The van der Waals surface area contributed by atoms with E-state index in [4.69, 9.17) is 14.2 Å². The summed E-state index contributed by atoms with van der Waals surface area (Å²) in [5, 5.41) is 0. The topological polar surface area (TPSA) is 78.9 Å². The molecule has 41 heavy (non-hydrogen) atoms. The summed E-state index contributed by atoms with van der Waals surface area (Å²) in [4.78, 5) is 35.3. The van der Waals surface area contributed by atoms with Crippen LogP contribution in [0.25, 0.3) is 0 Å². The smallest absolute Gasteiger partial charge is 0.303 e. The minimum atomic E-state index is -2.89. The summed E-state index contributed by atoms with van der Waals surface area (Å²) in [6.45, 7) is 14.6. The summed E-state index contributed by atoms with van der Waals surface area (Å²) in [7, 11) is 0. The van der Waals surface area contributed by atoms with Crippen LogP contribution in [0.2, 0.25) is 0 Å². The molecule has 0 aromatic rings. The maximum atomic E-state index is 16.5. The lowest BCUT2D eigenvalue weighted by atomic mass is 9.43. The number of alkyl halides is 2. The highest BCUT2D eigenvalue weighted by Crippen LogP contribution is 2.71. The highest BCUT2D eigenvalue weighted by molar-refractivity contribution is 5.67. The number of fused-ring (bicyclic) bond motifs is 5. The van der Waals surface area contributed by atoms with Gasteiger partial charge in [-0.25, -0.2) is 8.78 Å². The van der Waals surface area contributed by atoms with Crippen molar-refractivity contribution in [2.45, 2.75) is 143 Å². The zero-order valence-corrected chi connectivity index (χ0v) is 26.4. The van der Waals surface area contributed by atoms with Crippen molar-refractivity contribution in [1.82, 2.24) is 0 Å². The van der Waals surface area contributed by atoms with Gasteiger partial charge in [0.1, 0.15) is 17.8 Å². The first-order valence-electron chi connectivity index (χ1n) is 15.8. The summed E-state index contributed by atoms with van der Waals surface area (Å²) in [5.41, 5.74) is -1.04. The van der Waals surface area contributed by atoms with Gasteiger partial charge in [-0.05, 0) is 99.7 Å².